The molecule has 2 aliphatic rings. The summed E-state index contributed by atoms with van der Waals surface area (Å²) in [7, 11) is 2.13. The van der Waals surface area contributed by atoms with E-state index < -0.39 is 0 Å². The Morgan fingerprint density at radius 2 is 1.80 bits per heavy atom. The molecule has 1 unspecified atom stereocenters. The van der Waals surface area contributed by atoms with Gasteiger partial charge in [0, 0.05) is 38.8 Å². The van der Waals surface area contributed by atoms with Gasteiger partial charge in [0.1, 0.15) is 0 Å². The fourth-order valence-electron chi connectivity index (χ4n) is 4.40. The summed E-state index contributed by atoms with van der Waals surface area (Å²) in [5.41, 5.74) is 0.541. The standard InChI is InChI=1S/C17H35N3/c1-4-20-12-11-19(13-16(20)2)15-17(14-18-3)9-7-5-6-8-10-17/h16,18H,4-15H2,1-3H3. The first-order chi connectivity index (χ1) is 9.69. The van der Waals surface area contributed by atoms with Crippen molar-refractivity contribution in [1.29, 1.82) is 0 Å². The van der Waals surface area contributed by atoms with Gasteiger partial charge in [-0.3, -0.25) is 9.80 Å². The molecule has 1 atom stereocenters. The molecule has 20 heavy (non-hydrogen) atoms. The van der Waals surface area contributed by atoms with Gasteiger partial charge in [-0.05, 0) is 38.8 Å². The lowest BCUT2D eigenvalue weighted by Gasteiger charge is -2.44. The third-order valence-corrected chi connectivity index (χ3v) is 5.53. The molecule has 3 heteroatoms. The van der Waals surface area contributed by atoms with Crippen molar-refractivity contribution in [3.63, 3.8) is 0 Å². The average Bonchev–Trinajstić information content (AvgIpc) is 2.65. The summed E-state index contributed by atoms with van der Waals surface area (Å²) < 4.78 is 0. The third kappa shape index (κ3) is 4.19. The molecule has 1 heterocycles. The molecule has 0 radical (unpaired) electrons. The van der Waals surface area contributed by atoms with Gasteiger partial charge in [-0.1, -0.05) is 32.6 Å². The van der Waals surface area contributed by atoms with E-state index in [0.29, 0.717) is 5.41 Å². The minimum Gasteiger partial charge on any atom is -0.319 e. The molecule has 0 spiro atoms. The summed E-state index contributed by atoms with van der Waals surface area (Å²) in [5.74, 6) is 0. The van der Waals surface area contributed by atoms with Crippen LogP contribution in [0.1, 0.15) is 52.4 Å². The zero-order valence-corrected chi connectivity index (χ0v) is 14.0. The van der Waals surface area contributed by atoms with E-state index in [0.717, 1.165) is 6.04 Å². The molecule has 0 amide bonds. The van der Waals surface area contributed by atoms with Crippen LogP contribution in [0.4, 0.5) is 0 Å². The van der Waals surface area contributed by atoms with Crippen molar-refractivity contribution in [1.82, 2.24) is 15.1 Å². The fraction of sp³-hybridized carbons (Fsp3) is 1.00. The van der Waals surface area contributed by atoms with Crippen LogP contribution in [-0.4, -0.2) is 62.2 Å². The lowest BCUT2D eigenvalue weighted by molar-refractivity contribution is 0.0477. The van der Waals surface area contributed by atoms with E-state index in [1.54, 1.807) is 0 Å². The number of nitrogens with one attached hydrogen (secondary N) is 1. The summed E-state index contributed by atoms with van der Waals surface area (Å²) in [5, 5.41) is 3.49. The number of rotatable bonds is 5. The molecule has 1 aliphatic heterocycles. The van der Waals surface area contributed by atoms with Gasteiger partial charge >= 0.3 is 0 Å². The first-order valence-corrected chi connectivity index (χ1v) is 8.80. The third-order valence-electron chi connectivity index (χ3n) is 5.53. The Morgan fingerprint density at radius 3 is 2.35 bits per heavy atom. The molecular formula is C17H35N3. The molecule has 0 bridgehead atoms. The summed E-state index contributed by atoms with van der Waals surface area (Å²) in [6, 6.07) is 0.728. The first kappa shape index (κ1) is 16.3. The largest absolute Gasteiger partial charge is 0.319 e. The molecule has 2 fully saturated rings. The van der Waals surface area contributed by atoms with Crippen molar-refractivity contribution in [2.75, 3.05) is 46.3 Å². The molecule has 118 valence electrons. The van der Waals surface area contributed by atoms with Gasteiger partial charge in [-0.15, -0.1) is 0 Å². The van der Waals surface area contributed by atoms with Crippen LogP contribution in [0.15, 0.2) is 0 Å². The number of likely N-dealkylation sites (N-methyl/N-ethyl adjacent to an activating group) is 1. The Labute approximate surface area is 126 Å². The van der Waals surface area contributed by atoms with Crippen LogP contribution in [0.2, 0.25) is 0 Å². The molecule has 1 N–H and O–H groups in total. The molecule has 2 rings (SSSR count). The second-order valence-corrected chi connectivity index (χ2v) is 7.16. The Kier molecular flexibility index (Phi) is 6.31. The van der Waals surface area contributed by atoms with E-state index in [-0.39, 0.29) is 0 Å². The molecule has 0 aromatic carbocycles. The van der Waals surface area contributed by atoms with Gasteiger partial charge in [0.15, 0.2) is 0 Å². The predicted octanol–water partition coefficient (Wildman–Crippen LogP) is 2.57. The predicted molar refractivity (Wildman–Crippen MR) is 87.2 cm³/mol. The van der Waals surface area contributed by atoms with Gasteiger partial charge in [0.2, 0.25) is 0 Å². The summed E-state index contributed by atoms with van der Waals surface area (Å²) in [6.45, 7) is 12.2. The van der Waals surface area contributed by atoms with E-state index in [1.165, 1.54) is 77.8 Å². The SMILES string of the molecule is CCN1CCN(CC2(CNC)CCCCCC2)CC1C. The van der Waals surface area contributed by atoms with Crippen molar-refractivity contribution < 1.29 is 0 Å². The second-order valence-electron chi connectivity index (χ2n) is 7.16. The van der Waals surface area contributed by atoms with E-state index in [4.69, 9.17) is 0 Å². The topological polar surface area (TPSA) is 18.5 Å². The smallest absolute Gasteiger partial charge is 0.0195 e. The number of piperazine rings is 1. The minimum atomic E-state index is 0.541. The van der Waals surface area contributed by atoms with Crippen LogP contribution >= 0.6 is 0 Å². The zero-order chi connectivity index (χ0) is 14.4. The maximum absolute atomic E-state index is 3.49. The molecular weight excluding hydrogens is 246 g/mol. The van der Waals surface area contributed by atoms with Crippen molar-refractivity contribution in [2.24, 2.45) is 5.41 Å². The Bertz CT molecular complexity index is 271. The van der Waals surface area contributed by atoms with Crippen LogP contribution in [0, 0.1) is 5.41 Å². The van der Waals surface area contributed by atoms with Crippen LogP contribution in [-0.2, 0) is 0 Å². The van der Waals surface area contributed by atoms with Gasteiger partial charge in [-0.25, -0.2) is 0 Å². The van der Waals surface area contributed by atoms with Gasteiger partial charge < -0.3 is 5.32 Å². The summed E-state index contributed by atoms with van der Waals surface area (Å²) in [6.07, 6.45) is 8.63. The van der Waals surface area contributed by atoms with Crippen LogP contribution in [0.5, 0.6) is 0 Å². The number of hydrogen-bond donors (Lipinski definition) is 1. The van der Waals surface area contributed by atoms with E-state index in [9.17, 15) is 0 Å². The molecule has 1 saturated heterocycles. The molecule has 1 aliphatic carbocycles. The molecule has 0 aromatic heterocycles. The molecule has 0 aromatic rings. The highest BCUT2D eigenvalue weighted by atomic mass is 15.3. The monoisotopic (exact) mass is 281 g/mol. The fourth-order valence-corrected chi connectivity index (χ4v) is 4.40. The van der Waals surface area contributed by atoms with Crippen molar-refractivity contribution >= 4 is 0 Å². The molecule has 3 nitrogen and oxygen atoms in total. The Morgan fingerprint density at radius 1 is 1.10 bits per heavy atom. The zero-order valence-electron chi connectivity index (χ0n) is 14.0. The molecule has 1 saturated carbocycles. The van der Waals surface area contributed by atoms with Crippen LogP contribution in [0.25, 0.3) is 0 Å². The minimum absolute atomic E-state index is 0.541. The highest BCUT2D eigenvalue weighted by molar-refractivity contribution is 4.89. The lowest BCUT2D eigenvalue weighted by atomic mass is 9.79. The maximum atomic E-state index is 3.49. The summed E-state index contributed by atoms with van der Waals surface area (Å²) >= 11 is 0. The normalized spacial score (nSPS) is 29.2. The van der Waals surface area contributed by atoms with Crippen molar-refractivity contribution in [3.05, 3.63) is 0 Å². The first-order valence-electron chi connectivity index (χ1n) is 8.80. The van der Waals surface area contributed by atoms with Gasteiger partial charge in [-0.2, -0.15) is 0 Å². The van der Waals surface area contributed by atoms with Gasteiger partial charge in [0.25, 0.3) is 0 Å². The van der Waals surface area contributed by atoms with E-state index >= 15 is 0 Å². The lowest BCUT2D eigenvalue weighted by Crippen LogP contribution is -2.55. The van der Waals surface area contributed by atoms with E-state index in [2.05, 4.69) is 36.0 Å². The Hall–Kier alpha value is -0.120. The van der Waals surface area contributed by atoms with Crippen molar-refractivity contribution in [2.45, 2.75) is 58.4 Å². The highest BCUT2D eigenvalue weighted by Gasteiger charge is 2.34. The maximum Gasteiger partial charge on any atom is 0.0195 e. The van der Waals surface area contributed by atoms with Gasteiger partial charge in [0.05, 0.1) is 0 Å². The number of nitrogens with zero attached hydrogens (tertiary/aromatic N) is 2. The van der Waals surface area contributed by atoms with Crippen LogP contribution < -0.4 is 5.32 Å². The summed E-state index contributed by atoms with van der Waals surface area (Å²) in [4.78, 5) is 5.37. The quantitative estimate of drug-likeness (QED) is 0.782. The average molecular weight is 281 g/mol. The van der Waals surface area contributed by atoms with Crippen molar-refractivity contribution in [3.8, 4) is 0 Å². The number of hydrogen-bond acceptors (Lipinski definition) is 3. The Balaban J connectivity index is 1.94. The van der Waals surface area contributed by atoms with Crippen LogP contribution in [0.3, 0.4) is 0 Å². The highest BCUT2D eigenvalue weighted by Crippen LogP contribution is 2.35. The second kappa shape index (κ2) is 7.77. The van der Waals surface area contributed by atoms with E-state index in [1.807, 2.05) is 0 Å².